The second-order valence-electron chi connectivity index (χ2n) is 4.68. The zero-order chi connectivity index (χ0) is 13.4. The molecule has 0 aliphatic heterocycles. The Morgan fingerprint density at radius 1 is 1.06 bits per heavy atom. The van der Waals surface area contributed by atoms with Crippen LogP contribution in [0.5, 0.6) is 0 Å². The Kier molecular flexibility index (Phi) is 4.39. The Hall–Kier alpha value is -0.380. The maximum absolute atomic E-state index is 11.3. The quantitative estimate of drug-likeness (QED) is 0.744. The van der Waals surface area contributed by atoms with Gasteiger partial charge in [-0.05, 0) is 62.2 Å². The highest BCUT2D eigenvalue weighted by molar-refractivity contribution is 9.10. The molecule has 0 heterocycles. The molecule has 0 aromatic heterocycles. The van der Waals surface area contributed by atoms with Crippen LogP contribution >= 0.6 is 39.1 Å². The zero-order valence-corrected chi connectivity index (χ0v) is 12.7. The van der Waals surface area contributed by atoms with Crippen molar-refractivity contribution in [2.24, 2.45) is 0 Å². The lowest BCUT2D eigenvalue weighted by molar-refractivity contribution is 0.108. The second kappa shape index (κ2) is 5.09. The number of hydrogen-bond acceptors (Lipinski definition) is 2. The van der Waals surface area contributed by atoms with E-state index in [0.29, 0.717) is 4.47 Å². The first kappa shape index (κ1) is 14.7. The molecule has 0 spiro atoms. The van der Waals surface area contributed by atoms with Crippen LogP contribution in [0.4, 0.5) is 0 Å². The monoisotopic (exact) mass is 336 g/mol. The Morgan fingerprint density at radius 2 is 1.41 bits per heavy atom. The van der Waals surface area contributed by atoms with E-state index >= 15 is 0 Å². The van der Waals surface area contributed by atoms with Crippen molar-refractivity contribution in [3.63, 3.8) is 0 Å². The van der Waals surface area contributed by atoms with Crippen LogP contribution in [-0.2, 0) is 5.41 Å². The molecule has 0 amide bonds. The molecule has 1 rings (SSSR count). The maximum atomic E-state index is 11.3. The van der Waals surface area contributed by atoms with E-state index in [9.17, 15) is 9.59 Å². The third-order valence-corrected chi connectivity index (χ3v) is 3.62. The van der Waals surface area contributed by atoms with E-state index in [1.807, 2.05) is 20.8 Å². The molecule has 92 valence electrons. The smallest absolute Gasteiger partial charge is 0.253 e. The van der Waals surface area contributed by atoms with Crippen molar-refractivity contribution in [3.8, 4) is 0 Å². The lowest BCUT2D eigenvalue weighted by Crippen LogP contribution is -2.14. The van der Waals surface area contributed by atoms with Gasteiger partial charge in [0, 0.05) is 15.6 Å². The zero-order valence-electron chi connectivity index (χ0n) is 9.61. The molecule has 5 heteroatoms. The highest BCUT2D eigenvalue weighted by atomic mass is 79.9. The normalized spacial score (nSPS) is 11.4. The molecule has 2 nitrogen and oxygen atoms in total. The van der Waals surface area contributed by atoms with Gasteiger partial charge in [0.25, 0.3) is 10.5 Å². The maximum Gasteiger partial charge on any atom is 0.253 e. The Morgan fingerprint density at radius 3 is 1.65 bits per heavy atom. The van der Waals surface area contributed by atoms with Gasteiger partial charge in [-0.1, -0.05) is 20.8 Å². The van der Waals surface area contributed by atoms with Crippen LogP contribution < -0.4 is 0 Å². The lowest BCUT2D eigenvalue weighted by Gasteiger charge is -2.21. The average Bonchev–Trinajstić information content (AvgIpc) is 2.14. The molecule has 0 N–H and O–H groups in total. The third kappa shape index (κ3) is 3.30. The van der Waals surface area contributed by atoms with Gasteiger partial charge in [0.2, 0.25) is 0 Å². The molecule has 0 saturated heterocycles. The van der Waals surface area contributed by atoms with Crippen LogP contribution in [0.1, 0.15) is 47.1 Å². The fraction of sp³-hybridized carbons (Fsp3) is 0.333. The molecular formula is C12H11BrCl2O2. The highest BCUT2D eigenvalue weighted by Crippen LogP contribution is 2.32. The average molecular weight is 338 g/mol. The second-order valence-corrected chi connectivity index (χ2v) is 6.16. The predicted molar refractivity (Wildman–Crippen MR) is 73.2 cm³/mol. The minimum absolute atomic E-state index is 0.205. The van der Waals surface area contributed by atoms with Gasteiger partial charge in [0.15, 0.2) is 0 Å². The first-order chi connectivity index (χ1) is 7.64. The molecule has 0 radical (unpaired) electrons. The molecule has 0 saturated carbocycles. The Bertz CT molecular complexity index is 455. The molecule has 0 atom stereocenters. The number of hydrogen-bond donors (Lipinski definition) is 0. The van der Waals surface area contributed by atoms with Crippen molar-refractivity contribution >= 4 is 49.6 Å². The fourth-order valence-electron chi connectivity index (χ4n) is 1.34. The highest BCUT2D eigenvalue weighted by Gasteiger charge is 2.22. The first-order valence-corrected chi connectivity index (χ1v) is 6.43. The molecule has 0 bridgehead atoms. The summed E-state index contributed by atoms with van der Waals surface area (Å²) in [6, 6.07) is 3.34. The van der Waals surface area contributed by atoms with Crippen LogP contribution in [0.25, 0.3) is 0 Å². The lowest BCUT2D eigenvalue weighted by atomic mass is 9.85. The van der Waals surface area contributed by atoms with Crippen molar-refractivity contribution in [2.45, 2.75) is 26.2 Å². The van der Waals surface area contributed by atoms with Crippen LogP contribution in [-0.4, -0.2) is 10.5 Å². The van der Waals surface area contributed by atoms with Crippen LogP contribution in [0.15, 0.2) is 16.6 Å². The molecule has 0 unspecified atom stereocenters. The molecule has 0 fully saturated rings. The largest absolute Gasteiger partial charge is 0.276 e. The van der Waals surface area contributed by atoms with Gasteiger partial charge in [-0.15, -0.1) is 0 Å². The van der Waals surface area contributed by atoms with E-state index in [2.05, 4.69) is 15.9 Å². The summed E-state index contributed by atoms with van der Waals surface area (Å²) in [6.07, 6.45) is 0. The number of carbonyl (C=O) groups excluding carboxylic acids is 2. The van der Waals surface area contributed by atoms with E-state index in [1.165, 1.54) is 0 Å². The summed E-state index contributed by atoms with van der Waals surface area (Å²) >= 11 is 14.1. The minimum Gasteiger partial charge on any atom is -0.276 e. The summed E-state index contributed by atoms with van der Waals surface area (Å²) in [5, 5.41) is -1.25. The van der Waals surface area contributed by atoms with Gasteiger partial charge < -0.3 is 0 Å². The topological polar surface area (TPSA) is 34.1 Å². The van der Waals surface area contributed by atoms with Crippen molar-refractivity contribution in [2.75, 3.05) is 0 Å². The van der Waals surface area contributed by atoms with Gasteiger partial charge in [-0.25, -0.2) is 0 Å². The summed E-state index contributed by atoms with van der Waals surface area (Å²) in [5.74, 6) is 0. The number of halogens is 3. The van der Waals surface area contributed by atoms with Gasteiger partial charge >= 0.3 is 0 Å². The molecule has 1 aromatic rings. The van der Waals surface area contributed by atoms with Gasteiger partial charge in [0.1, 0.15) is 0 Å². The number of benzene rings is 1. The van der Waals surface area contributed by atoms with Gasteiger partial charge in [-0.3, -0.25) is 9.59 Å². The molecule has 0 aliphatic rings. The van der Waals surface area contributed by atoms with Gasteiger partial charge in [-0.2, -0.15) is 0 Å². The van der Waals surface area contributed by atoms with Crippen molar-refractivity contribution in [1.82, 2.24) is 0 Å². The van der Waals surface area contributed by atoms with Crippen LogP contribution in [0.2, 0.25) is 0 Å². The predicted octanol–water partition coefficient (Wildman–Crippen LogP) is 4.50. The van der Waals surface area contributed by atoms with E-state index in [-0.39, 0.29) is 16.5 Å². The van der Waals surface area contributed by atoms with Crippen LogP contribution in [0, 0.1) is 0 Å². The summed E-state index contributed by atoms with van der Waals surface area (Å²) < 4.78 is 0.338. The fourth-order valence-corrected chi connectivity index (χ4v) is 2.46. The Labute approximate surface area is 118 Å². The van der Waals surface area contributed by atoms with Gasteiger partial charge in [0.05, 0.1) is 0 Å². The molecular weight excluding hydrogens is 327 g/mol. The summed E-state index contributed by atoms with van der Waals surface area (Å²) in [4.78, 5) is 22.6. The summed E-state index contributed by atoms with van der Waals surface area (Å²) in [6.45, 7) is 5.92. The number of carbonyl (C=O) groups is 2. The Balaban J connectivity index is 3.59. The van der Waals surface area contributed by atoms with Crippen molar-refractivity contribution in [1.29, 1.82) is 0 Å². The standard InChI is InChI=1S/C12H11BrCl2O2/c1-12(2,3)6-4-7(10(14)16)9(13)8(5-6)11(15)17/h4-5H,1-3H3. The van der Waals surface area contributed by atoms with E-state index in [1.54, 1.807) is 12.1 Å². The number of rotatable bonds is 2. The SMILES string of the molecule is CC(C)(C)c1cc(C(=O)Cl)c(Br)c(C(=O)Cl)c1. The van der Waals surface area contributed by atoms with Crippen molar-refractivity contribution in [3.05, 3.63) is 33.3 Å². The van der Waals surface area contributed by atoms with Crippen LogP contribution in [0.3, 0.4) is 0 Å². The molecule has 1 aromatic carbocycles. The summed E-state index contributed by atoms with van der Waals surface area (Å²) in [5.41, 5.74) is 1.13. The molecule has 17 heavy (non-hydrogen) atoms. The van der Waals surface area contributed by atoms with Crippen molar-refractivity contribution < 1.29 is 9.59 Å². The first-order valence-electron chi connectivity index (χ1n) is 4.88. The molecule has 0 aliphatic carbocycles. The third-order valence-electron chi connectivity index (χ3n) is 2.36. The van der Waals surface area contributed by atoms with E-state index < -0.39 is 10.5 Å². The minimum atomic E-state index is -0.623. The summed E-state index contributed by atoms with van der Waals surface area (Å²) in [7, 11) is 0. The van der Waals surface area contributed by atoms with E-state index in [0.717, 1.165) is 5.56 Å². The van der Waals surface area contributed by atoms with E-state index in [4.69, 9.17) is 23.2 Å².